The second-order valence-corrected chi connectivity index (χ2v) is 5.65. The Morgan fingerprint density at radius 1 is 1.39 bits per heavy atom. The molecule has 0 spiro atoms. The number of hydrogen-bond acceptors (Lipinski definition) is 2. The summed E-state index contributed by atoms with van der Waals surface area (Å²) in [5, 5.41) is 3.04. The van der Waals surface area contributed by atoms with Crippen LogP contribution in [-0.4, -0.2) is 19.0 Å². The molecule has 0 heterocycles. The van der Waals surface area contributed by atoms with Gasteiger partial charge in [0.25, 0.3) is 0 Å². The molecule has 2 rings (SSSR count). The van der Waals surface area contributed by atoms with Crippen LogP contribution < -0.4 is 11.1 Å². The summed E-state index contributed by atoms with van der Waals surface area (Å²) in [6, 6.07) is 10.0. The van der Waals surface area contributed by atoms with E-state index in [4.69, 9.17) is 5.73 Å². The van der Waals surface area contributed by atoms with Crippen LogP contribution in [0.2, 0.25) is 0 Å². The molecule has 0 aromatic heterocycles. The van der Waals surface area contributed by atoms with Crippen molar-refractivity contribution in [2.45, 2.75) is 26.2 Å². The fraction of sp³-hybridized carbons (Fsp3) is 0.533. The Morgan fingerprint density at radius 2 is 2.06 bits per heavy atom. The number of amides is 1. The second-order valence-electron chi connectivity index (χ2n) is 5.65. The summed E-state index contributed by atoms with van der Waals surface area (Å²) < 4.78 is 0. The molecule has 0 radical (unpaired) electrons. The van der Waals surface area contributed by atoms with Crippen molar-refractivity contribution >= 4 is 5.91 Å². The quantitative estimate of drug-likeness (QED) is 0.803. The Bertz CT molecular complexity index is 398. The lowest BCUT2D eigenvalue weighted by molar-refractivity contribution is -0.124. The fourth-order valence-corrected chi connectivity index (χ4v) is 2.02. The molecule has 1 amide bonds. The molecule has 0 saturated heterocycles. The van der Waals surface area contributed by atoms with Gasteiger partial charge in [0.1, 0.15) is 0 Å². The molecule has 3 N–H and O–H groups in total. The molecule has 1 unspecified atom stereocenters. The molecule has 0 bridgehead atoms. The number of nitrogens with two attached hydrogens (primary N) is 1. The third kappa shape index (κ3) is 3.57. The first-order valence-corrected chi connectivity index (χ1v) is 6.65. The van der Waals surface area contributed by atoms with Gasteiger partial charge in [-0.3, -0.25) is 4.79 Å². The van der Waals surface area contributed by atoms with E-state index in [1.165, 1.54) is 18.4 Å². The highest BCUT2D eigenvalue weighted by Crippen LogP contribution is 2.44. The molecule has 3 nitrogen and oxygen atoms in total. The van der Waals surface area contributed by atoms with Crippen LogP contribution >= 0.6 is 0 Å². The zero-order valence-corrected chi connectivity index (χ0v) is 11.0. The number of nitrogens with one attached hydrogen (secondary N) is 1. The molecule has 98 valence electrons. The second kappa shape index (κ2) is 5.53. The normalized spacial score (nSPS) is 18.1. The van der Waals surface area contributed by atoms with Crippen LogP contribution in [0.4, 0.5) is 0 Å². The summed E-state index contributed by atoms with van der Waals surface area (Å²) in [6.45, 7) is 3.40. The smallest absolute Gasteiger partial charge is 0.224 e. The first-order valence-electron chi connectivity index (χ1n) is 6.65. The summed E-state index contributed by atoms with van der Waals surface area (Å²) >= 11 is 0. The number of benzene rings is 1. The van der Waals surface area contributed by atoms with Gasteiger partial charge in [-0.2, -0.15) is 0 Å². The summed E-state index contributed by atoms with van der Waals surface area (Å²) in [5.74, 6) is -0.0239. The Morgan fingerprint density at radius 3 is 2.61 bits per heavy atom. The van der Waals surface area contributed by atoms with E-state index >= 15 is 0 Å². The average Bonchev–Trinajstić information content (AvgIpc) is 3.13. The van der Waals surface area contributed by atoms with Gasteiger partial charge in [0.15, 0.2) is 0 Å². The van der Waals surface area contributed by atoms with Crippen LogP contribution in [0.25, 0.3) is 0 Å². The predicted molar refractivity (Wildman–Crippen MR) is 73.0 cm³/mol. The fourth-order valence-electron chi connectivity index (χ4n) is 2.02. The van der Waals surface area contributed by atoms with Gasteiger partial charge in [-0.05, 0) is 30.2 Å². The lowest BCUT2D eigenvalue weighted by atomic mass is 9.98. The van der Waals surface area contributed by atoms with Gasteiger partial charge in [-0.15, -0.1) is 0 Å². The van der Waals surface area contributed by atoms with Crippen molar-refractivity contribution in [3.05, 3.63) is 35.9 Å². The molecule has 1 saturated carbocycles. The van der Waals surface area contributed by atoms with Crippen molar-refractivity contribution in [3.8, 4) is 0 Å². The summed E-state index contributed by atoms with van der Waals surface area (Å²) in [5.41, 5.74) is 7.23. The predicted octanol–water partition coefficient (Wildman–Crippen LogP) is 1.72. The number of carbonyl (C=O) groups excluding carboxylic acids is 1. The van der Waals surface area contributed by atoms with E-state index in [2.05, 4.69) is 12.2 Å². The molecular formula is C15H22N2O. The number of hydrogen-bond donors (Lipinski definition) is 2. The van der Waals surface area contributed by atoms with Gasteiger partial charge < -0.3 is 11.1 Å². The van der Waals surface area contributed by atoms with Crippen LogP contribution in [-0.2, 0) is 11.2 Å². The first-order chi connectivity index (χ1) is 8.63. The minimum atomic E-state index is -0.116. The van der Waals surface area contributed by atoms with Crippen molar-refractivity contribution in [2.24, 2.45) is 17.1 Å². The van der Waals surface area contributed by atoms with Gasteiger partial charge in [-0.25, -0.2) is 0 Å². The van der Waals surface area contributed by atoms with E-state index in [-0.39, 0.29) is 11.8 Å². The topological polar surface area (TPSA) is 55.1 Å². The van der Waals surface area contributed by atoms with Crippen LogP contribution in [0.5, 0.6) is 0 Å². The van der Waals surface area contributed by atoms with E-state index in [1.807, 2.05) is 30.3 Å². The maximum Gasteiger partial charge on any atom is 0.224 e. The van der Waals surface area contributed by atoms with Gasteiger partial charge in [0.05, 0.1) is 5.92 Å². The molecule has 1 aliphatic carbocycles. The average molecular weight is 246 g/mol. The molecule has 1 aromatic rings. The zero-order chi connectivity index (χ0) is 13.0. The Hall–Kier alpha value is -1.35. The van der Waals surface area contributed by atoms with Crippen molar-refractivity contribution in [1.29, 1.82) is 0 Å². The molecule has 18 heavy (non-hydrogen) atoms. The lowest BCUT2D eigenvalue weighted by Crippen LogP contribution is -2.38. The first kappa shape index (κ1) is 13.1. The molecule has 1 aliphatic rings. The Balaban J connectivity index is 1.85. The Labute approximate surface area is 109 Å². The van der Waals surface area contributed by atoms with Crippen LogP contribution in [0.3, 0.4) is 0 Å². The van der Waals surface area contributed by atoms with Gasteiger partial charge in [-0.1, -0.05) is 37.3 Å². The highest BCUT2D eigenvalue weighted by Gasteiger charge is 2.37. The largest absolute Gasteiger partial charge is 0.355 e. The van der Waals surface area contributed by atoms with Crippen molar-refractivity contribution in [3.63, 3.8) is 0 Å². The summed E-state index contributed by atoms with van der Waals surface area (Å²) in [6.07, 6.45) is 3.17. The van der Waals surface area contributed by atoms with E-state index < -0.39 is 0 Å². The minimum absolute atomic E-state index is 0.0921. The monoisotopic (exact) mass is 246 g/mol. The van der Waals surface area contributed by atoms with Crippen molar-refractivity contribution < 1.29 is 4.79 Å². The van der Waals surface area contributed by atoms with Crippen LogP contribution in [0, 0.1) is 11.3 Å². The maximum atomic E-state index is 12.1. The molecular weight excluding hydrogens is 224 g/mol. The third-order valence-electron chi connectivity index (χ3n) is 3.77. The van der Waals surface area contributed by atoms with E-state index in [0.717, 1.165) is 13.0 Å². The SMILES string of the molecule is CC1(CNC(=O)C(CN)Cc2ccccc2)CC1. The van der Waals surface area contributed by atoms with Gasteiger partial charge in [0.2, 0.25) is 5.91 Å². The number of rotatable bonds is 6. The van der Waals surface area contributed by atoms with E-state index in [0.29, 0.717) is 12.0 Å². The minimum Gasteiger partial charge on any atom is -0.355 e. The highest BCUT2D eigenvalue weighted by molar-refractivity contribution is 5.79. The molecule has 1 atom stereocenters. The maximum absolute atomic E-state index is 12.1. The molecule has 0 aliphatic heterocycles. The summed E-state index contributed by atoms with van der Waals surface area (Å²) in [4.78, 5) is 12.1. The summed E-state index contributed by atoms with van der Waals surface area (Å²) in [7, 11) is 0. The number of carbonyl (C=O) groups is 1. The van der Waals surface area contributed by atoms with E-state index in [1.54, 1.807) is 0 Å². The molecule has 1 fully saturated rings. The lowest BCUT2D eigenvalue weighted by Gasteiger charge is -2.17. The highest BCUT2D eigenvalue weighted by atomic mass is 16.1. The standard InChI is InChI=1S/C15H22N2O/c1-15(7-8-15)11-17-14(18)13(10-16)9-12-5-3-2-4-6-12/h2-6,13H,7-11,16H2,1H3,(H,17,18). The third-order valence-corrected chi connectivity index (χ3v) is 3.77. The molecule has 3 heteroatoms. The van der Waals surface area contributed by atoms with Gasteiger partial charge in [0, 0.05) is 13.1 Å². The van der Waals surface area contributed by atoms with E-state index in [9.17, 15) is 4.79 Å². The van der Waals surface area contributed by atoms with Crippen LogP contribution in [0.1, 0.15) is 25.3 Å². The van der Waals surface area contributed by atoms with Crippen LogP contribution in [0.15, 0.2) is 30.3 Å². The molecule has 1 aromatic carbocycles. The van der Waals surface area contributed by atoms with Crippen molar-refractivity contribution in [1.82, 2.24) is 5.32 Å². The zero-order valence-electron chi connectivity index (χ0n) is 11.0. The van der Waals surface area contributed by atoms with Gasteiger partial charge >= 0.3 is 0 Å². The van der Waals surface area contributed by atoms with Crippen molar-refractivity contribution in [2.75, 3.05) is 13.1 Å². The Kier molecular flexibility index (Phi) is 4.02.